The maximum Gasteiger partial charge on any atom is 0.101 e. The fourth-order valence-electron chi connectivity index (χ4n) is 11.8. The predicted molar refractivity (Wildman–Crippen MR) is 289 cm³/mol. The molecule has 5 aliphatic carbocycles. The van der Waals surface area contributed by atoms with Gasteiger partial charge < -0.3 is 9.80 Å². The largest absolute Gasteiger partial charge is 0.332 e. The topological polar surface area (TPSA) is 54.1 Å². The van der Waals surface area contributed by atoms with Gasteiger partial charge in [0, 0.05) is 28.2 Å². The molecule has 0 amide bonds. The van der Waals surface area contributed by atoms with Gasteiger partial charge >= 0.3 is 0 Å². The average molecular weight is 901 g/mol. The number of hydrogen-bond acceptors (Lipinski definition) is 4. The van der Waals surface area contributed by atoms with Gasteiger partial charge in [-0.05, 0) is 160 Å². The molecule has 0 saturated heterocycles. The van der Waals surface area contributed by atoms with E-state index in [1.807, 2.05) is 6.07 Å². The van der Waals surface area contributed by atoms with Crippen LogP contribution in [0.3, 0.4) is 0 Å². The van der Waals surface area contributed by atoms with E-state index in [0.29, 0.717) is 17.0 Å². The molecule has 0 fully saturated rings. The molecule has 4 nitrogen and oxygen atoms in total. The highest BCUT2D eigenvalue weighted by molar-refractivity contribution is 5.96. The van der Waals surface area contributed by atoms with Gasteiger partial charge in [-0.15, -0.1) is 0 Å². The number of allylic oxidation sites excluding steroid dienone is 9. The highest BCUT2D eigenvalue weighted by Gasteiger charge is 2.38. The van der Waals surface area contributed by atoms with E-state index >= 15 is 0 Å². The van der Waals surface area contributed by atoms with Crippen molar-refractivity contribution in [1.29, 1.82) is 10.5 Å². The molecule has 5 aliphatic rings. The highest BCUT2D eigenvalue weighted by Crippen LogP contribution is 2.50. The molecule has 0 bridgehead atoms. The zero-order chi connectivity index (χ0) is 47.0. The Morgan fingerprint density at radius 1 is 0.543 bits per heavy atom. The summed E-state index contributed by atoms with van der Waals surface area (Å²) in [6, 6.07) is 61.3. The summed E-state index contributed by atoms with van der Waals surface area (Å²) in [5.74, 6) is 0.355. The Morgan fingerprint density at radius 3 is 1.87 bits per heavy atom. The summed E-state index contributed by atoms with van der Waals surface area (Å²) < 4.78 is 0. The highest BCUT2D eigenvalue weighted by atomic mass is 15.2. The molecule has 4 heteroatoms. The Labute approximate surface area is 411 Å². The Hall–Kier alpha value is -8.44. The Balaban J connectivity index is 1.08. The average Bonchev–Trinajstić information content (AvgIpc) is 3.44. The molecule has 0 saturated carbocycles. The molecule has 2 atom stereocenters. The lowest BCUT2D eigenvalue weighted by atomic mass is 9.71. The van der Waals surface area contributed by atoms with Crippen LogP contribution < -0.4 is 20.2 Å². The van der Waals surface area contributed by atoms with Gasteiger partial charge in [0.2, 0.25) is 0 Å². The number of para-hydroxylation sites is 1. The lowest BCUT2D eigenvalue weighted by molar-refractivity contribution is 0.606. The van der Waals surface area contributed by atoms with Crippen LogP contribution in [0.2, 0.25) is 0 Å². The first-order chi connectivity index (χ1) is 34.7. The van der Waals surface area contributed by atoms with Crippen molar-refractivity contribution < 1.29 is 0 Å². The molecule has 12 rings (SSSR count). The molecule has 0 N–H and O–H groups in total. The molecule has 2 unspecified atom stereocenters. The normalized spacial score (nSPS) is 17.5. The van der Waals surface area contributed by atoms with E-state index in [0.717, 1.165) is 107 Å². The van der Waals surface area contributed by atoms with Crippen LogP contribution in [-0.2, 0) is 0 Å². The van der Waals surface area contributed by atoms with Crippen molar-refractivity contribution in [2.24, 2.45) is 0 Å². The molecule has 0 heterocycles. The van der Waals surface area contributed by atoms with Crippen LogP contribution >= 0.6 is 0 Å². The summed E-state index contributed by atoms with van der Waals surface area (Å²) in [4.78, 5) is 4.98. The van der Waals surface area contributed by atoms with E-state index < -0.39 is 0 Å². The summed E-state index contributed by atoms with van der Waals surface area (Å²) in [6.07, 6.45) is 25.9. The molecular formula is C66H52N4. The first-order valence-electron chi connectivity index (χ1n) is 24.9. The minimum absolute atomic E-state index is 0.0854. The molecule has 0 radical (unpaired) electrons. The van der Waals surface area contributed by atoms with Gasteiger partial charge in [-0.1, -0.05) is 164 Å². The number of benzene rings is 7. The monoisotopic (exact) mass is 900 g/mol. The third kappa shape index (κ3) is 7.63. The fraction of sp³-hybridized carbons (Fsp3) is 0.152. The van der Waals surface area contributed by atoms with E-state index in [-0.39, 0.29) is 6.04 Å². The summed E-state index contributed by atoms with van der Waals surface area (Å²) in [5.41, 5.74) is 19.4. The number of rotatable bonds is 10. The van der Waals surface area contributed by atoms with Crippen molar-refractivity contribution in [3.63, 3.8) is 0 Å². The van der Waals surface area contributed by atoms with Crippen molar-refractivity contribution in [2.75, 3.05) is 9.80 Å². The van der Waals surface area contributed by atoms with Gasteiger partial charge in [0.25, 0.3) is 0 Å². The molecule has 7 aromatic rings. The molecule has 0 aliphatic heterocycles. The lowest BCUT2D eigenvalue weighted by Gasteiger charge is -2.43. The van der Waals surface area contributed by atoms with Crippen molar-refractivity contribution in [3.8, 4) is 45.5 Å². The second-order valence-electron chi connectivity index (χ2n) is 19.0. The van der Waals surface area contributed by atoms with Crippen LogP contribution in [0.15, 0.2) is 206 Å². The third-order valence-corrected chi connectivity index (χ3v) is 15.0. The number of anilines is 3. The predicted octanol–water partition coefficient (Wildman–Crippen LogP) is 15.1. The number of nitriles is 2. The van der Waals surface area contributed by atoms with E-state index in [2.05, 4.69) is 222 Å². The van der Waals surface area contributed by atoms with Gasteiger partial charge in [-0.3, -0.25) is 0 Å². The van der Waals surface area contributed by atoms with E-state index in [4.69, 9.17) is 0 Å². The molecule has 7 aromatic carbocycles. The SMILES string of the molecule is N#Cc1cc(C2=CCCC=C2)cc(-c2ccccc2)c1N(C1=CC=CCC1)C1=c2ccc3c4c2C(CC=C4C(N(c2ccccc2)c2c(C#N)cc(-c4ccccc4)cc2-c2ccccc2)CC=3)CC1. The van der Waals surface area contributed by atoms with Crippen molar-refractivity contribution in [3.05, 3.63) is 244 Å². The fourth-order valence-corrected chi connectivity index (χ4v) is 11.8. The smallest absolute Gasteiger partial charge is 0.101 e. The lowest BCUT2D eigenvalue weighted by Crippen LogP contribution is -2.42. The van der Waals surface area contributed by atoms with Crippen molar-refractivity contribution >= 4 is 40.0 Å². The Kier molecular flexibility index (Phi) is 11.4. The van der Waals surface area contributed by atoms with Crippen LogP contribution in [-0.4, -0.2) is 6.04 Å². The Morgan fingerprint density at radius 2 is 1.20 bits per heavy atom. The van der Waals surface area contributed by atoms with Crippen molar-refractivity contribution in [2.45, 2.75) is 63.3 Å². The quantitative estimate of drug-likeness (QED) is 0.137. The first kappa shape index (κ1) is 42.9. The van der Waals surface area contributed by atoms with Gasteiger partial charge in [-0.2, -0.15) is 10.5 Å². The van der Waals surface area contributed by atoms with Crippen LogP contribution in [0.5, 0.6) is 0 Å². The third-order valence-electron chi connectivity index (χ3n) is 15.0. The Bertz CT molecular complexity index is 3560. The van der Waals surface area contributed by atoms with Crippen molar-refractivity contribution in [1.82, 2.24) is 0 Å². The summed E-state index contributed by atoms with van der Waals surface area (Å²) in [6.45, 7) is 0. The van der Waals surface area contributed by atoms with Crippen LogP contribution in [0.1, 0.15) is 85.1 Å². The minimum Gasteiger partial charge on any atom is -0.332 e. The maximum absolute atomic E-state index is 11.3. The van der Waals surface area contributed by atoms with E-state index in [1.165, 1.54) is 44.1 Å². The van der Waals surface area contributed by atoms with Gasteiger partial charge in [0.05, 0.1) is 28.5 Å². The minimum atomic E-state index is -0.0854. The second kappa shape index (κ2) is 18.6. The van der Waals surface area contributed by atoms with E-state index in [9.17, 15) is 10.5 Å². The maximum atomic E-state index is 11.3. The van der Waals surface area contributed by atoms with Crippen LogP contribution in [0.25, 0.3) is 56.3 Å². The summed E-state index contributed by atoms with van der Waals surface area (Å²) in [7, 11) is 0. The summed E-state index contributed by atoms with van der Waals surface area (Å²) in [5, 5.41) is 25.1. The number of nitrogens with zero attached hydrogens (tertiary/aromatic N) is 4. The van der Waals surface area contributed by atoms with Gasteiger partial charge in [0.15, 0.2) is 0 Å². The second-order valence-corrected chi connectivity index (χ2v) is 19.0. The summed E-state index contributed by atoms with van der Waals surface area (Å²) >= 11 is 0. The van der Waals surface area contributed by atoms with Gasteiger partial charge in [0.1, 0.15) is 12.1 Å². The molecule has 0 spiro atoms. The molecule has 0 aromatic heterocycles. The first-order valence-corrected chi connectivity index (χ1v) is 24.9. The molecular weight excluding hydrogens is 849 g/mol. The zero-order valence-electron chi connectivity index (χ0n) is 39.2. The van der Waals surface area contributed by atoms with E-state index in [1.54, 1.807) is 0 Å². The standard InChI is InChI=1S/C66H52N4/c67-43-53-39-51(45-19-7-1-8-20-45)41-59(47-23-11-3-12-24-47)65(53)69(55-27-15-5-16-28-55)61-37-33-49-32-36-58-62(38-34-50-31-35-57(61)63(49)64(50)58)70(56-29-17-6-18-30-56)66-54(44-68)40-52(46-21-9-2-10-22-46)42-60(66)48-25-13-4-14-26-48/h1,3-9,11-17,19-29,32-33,35-36,39-42,50,61H,2,10,18,30-31,34,37-38H2. The van der Waals surface area contributed by atoms with Crippen LogP contribution in [0.4, 0.5) is 17.1 Å². The molecule has 336 valence electrons. The molecule has 70 heavy (non-hydrogen) atoms. The van der Waals surface area contributed by atoms with Gasteiger partial charge in [-0.25, -0.2) is 0 Å². The number of hydrogen-bond donors (Lipinski definition) is 0. The van der Waals surface area contributed by atoms with Crippen LogP contribution in [0, 0.1) is 22.7 Å². The zero-order valence-corrected chi connectivity index (χ0v) is 39.2.